The number of ether oxygens (including phenoxy) is 1. The summed E-state index contributed by atoms with van der Waals surface area (Å²) in [4.78, 5) is 4.50. The first-order chi connectivity index (χ1) is 17.0. The van der Waals surface area contributed by atoms with Gasteiger partial charge < -0.3 is 14.5 Å². The van der Waals surface area contributed by atoms with Crippen LogP contribution < -0.4 is 5.32 Å². The molecule has 2 aromatic carbocycles. The van der Waals surface area contributed by atoms with Crippen molar-refractivity contribution < 1.29 is 35.5 Å². The molecule has 3 aromatic rings. The zero-order valence-corrected chi connectivity index (χ0v) is 19.3. The molecule has 1 aromatic heterocycles. The van der Waals surface area contributed by atoms with Gasteiger partial charge in [0.2, 0.25) is 0 Å². The topological polar surface area (TPSA) is 47.3 Å². The van der Waals surface area contributed by atoms with E-state index in [1.807, 2.05) is 37.3 Å². The summed E-state index contributed by atoms with van der Waals surface area (Å²) in [5.74, 6) is 0.564. The van der Waals surface area contributed by atoms with E-state index in [9.17, 15) is 26.3 Å². The van der Waals surface area contributed by atoms with Crippen molar-refractivity contribution in [1.82, 2.24) is 10.3 Å². The lowest BCUT2D eigenvalue weighted by molar-refractivity contribution is -0.143. The number of hydrogen-bond acceptors (Lipinski definition) is 4. The van der Waals surface area contributed by atoms with Crippen LogP contribution >= 0.6 is 0 Å². The highest BCUT2D eigenvalue weighted by Crippen LogP contribution is 2.51. The smallest absolute Gasteiger partial charge is 0.416 e. The molecule has 192 valence electrons. The summed E-state index contributed by atoms with van der Waals surface area (Å²) in [6.45, 7) is 1.45. The maximum atomic E-state index is 13.3. The van der Waals surface area contributed by atoms with E-state index in [2.05, 4.69) is 10.3 Å². The lowest BCUT2D eigenvalue weighted by atomic mass is 9.80. The summed E-state index contributed by atoms with van der Waals surface area (Å²) in [5.41, 5.74) is -1.87. The summed E-state index contributed by atoms with van der Waals surface area (Å²) in [7, 11) is 0. The maximum absolute atomic E-state index is 13.3. The summed E-state index contributed by atoms with van der Waals surface area (Å²) in [5, 5.41) is 3.65. The first kappa shape index (κ1) is 24.8. The summed E-state index contributed by atoms with van der Waals surface area (Å²) in [6, 6.07) is 11.2. The average molecular weight is 510 g/mol. The van der Waals surface area contributed by atoms with Crippen molar-refractivity contribution in [2.75, 3.05) is 0 Å². The molecule has 2 fully saturated rings. The van der Waals surface area contributed by atoms with Gasteiger partial charge in [-0.2, -0.15) is 26.3 Å². The van der Waals surface area contributed by atoms with Crippen molar-refractivity contribution in [2.24, 2.45) is 0 Å². The molecule has 4 nitrogen and oxygen atoms in total. The van der Waals surface area contributed by atoms with Crippen molar-refractivity contribution in [3.63, 3.8) is 0 Å². The molecule has 0 saturated carbocycles. The molecule has 0 spiro atoms. The van der Waals surface area contributed by atoms with Crippen LogP contribution in [0.15, 0.2) is 59.2 Å². The number of nitrogens with one attached hydrogen (secondary N) is 1. The van der Waals surface area contributed by atoms with E-state index in [0.29, 0.717) is 25.2 Å². The Kier molecular flexibility index (Phi) is 6.15. The Labute approximate surface area is 203 Å². The molecule has 0 radical (unpaired) electrons. The van der Waals surface area contributed by atoms with Gasteiger partial charge in [0, 0.05) is 6.04 Å². The van der Waals surface area contributed by atoms with Crippen LogP contribution in [0.1, 0.15) is 59.0 Å². The van der Waals surface area contributed by atoms with Crippen LogP contribution in [0.4, 0.5) is 26.3 Å². The first-order valence-corrected chi connectivity index (χ1v) is 11.6. The van der Waals surface area contributed by atoms with Crippen molar-refractivity contribution in [3.05, 3.63) is 88.6 Å². The number of oxazole rings is 1. The molecule has 5 rings (SSSR count). The molecule has 2 aliphatic rings. The number of hydrogen-bond donors (Lipinski definition) is 1. The van der Waals surface area contributed by atoms with Crippen LogP contribution in [0, 0.1) is 6.92 Å². The summed E-state index contributed by atoms with van der Waals surface area (Å²) in [6.07, 6.45) is -6.87. The van der Waals surface area contributed by atoms with Gasteiger partial charge >= 0.3 is 12.4 Å². The van der Waals surface area contributed by atoms with Gasteiger partial charge in [0.1, 0.15) is 6.26 Å². The maximum Gasteiger partial charge on any atom is 0.416 e. The highest BCUT2D eigenvalue weighted by Gasteiger charge is 2.55. The minimum Gasteiger partial charge on any atom is -0.448 e. The van der Waals surface area contributed by atoms with Crippen molar-refractivity contribution in [3.8, 4) is 0 Å². The molecular formula is C26H24F6N2O2. The van der Waals surface area contributed by atoms with Gasteiger partial charge in [0.05, 0.1) is 41.0 Å². The number of benzene rings is 2. The van der Waals surface area contributed by atoms with Gasteiger partial charge in [0.25, 0.3) is 0 Å². The Hall–Kier alpha value is -2.85. The van der Waals surface area contributed by atoms with Crippen molar-refractivity contribution in [2.45, 2.75) is 68.7 Å². The molecule has 4 atom stereocenters. The second-order valence-corrected chi connectivity index (χ2v) is 9.52. The third kappa shape index (κ3) is 4.64. The molecule has 0 amide bonds. The second-order valence-electron chi connectivity index (χ2n) is 9.52. The molecule has 10 heteroatoms. The fraction of sp³-hybridized carbons (Fsp3) is 0.423. The highest BCUT2D eigenvalue weighted by atomic mass is 19.4. The molecule has 2 bridgehead atoms. The fourth-order valence-corrected chi connectivity index (χ4v) is 5.50. The van der Waals surface area contributed by atoms with Crippen LogP contribution in [0.25, 0.3) is 0 Å². The number of nitrogens with zero attached hydrogens (tertiary/aromatic N) is 1. The zero-order chi connectivity index (χ0) is 25.7. The lowest BCUT2D eigenvalue weighted by Crippen LogP contribution is -2.54. The highest BCUT2D eigenvalue weighted by molar-refractivity contribution is 5.35. The molecule has 3 heterocycles. The van der Waals surface area contributed by atoms with Crippen LogP contribution in [-0.4, -0.2) is 17.1 Å². The Bertz CT molecular complexity index is 1190. The molecular weight excluding hydrogens is 486 g/mol. The van der Waals surface area contributed by atoms with Crippen LogP contribution in [0.5, 0.6) is 0 Å². The summed E-state index contributed by atoms with van der Waals surface area (Å²) >= 11 is 0. The number of aryl methyl sites for hydroxylation is 1. The number of halogens is 6. The third-order valence-electron chi connectivity index (χ3n) is 7.10. The Morgan fingerprint density at radius 2 is 1.67 bits per heavy atom. The van der Waals surface area contributed by atoms with E-state index in [0.717, 1.165) is 23.4 Å². The van der Waals surface area contributed by atoms with Crippen LogP contribution in [0.2, 0.25) is 0 Å². The van der Waals surface area contributed by atoms with E-state index >= 15 is 0 Å². The number of rotatable bonds is 5. The van der Waals surface area contributed by atoms with Gasteiger partial charge in [-0.3, -0.25) is 0 Å². The fourth-order valence-electron chi connectivity index (χ4n) is 5.50. The lowest BCUT2D eigenvalue weighted by Gasteiger charge is -2.42. The minimum atomic E-state index is -4.91. The van der Waals surface area contributed by atoms with E-state index in [4.69, 9.17) is 9.15 Å². The number of aromatic nitrogens is 1. The van der Waals surface area contributed by atoms with E-state index in [-0.39, 0.29) is 30.2 Å². The molecule has 2 saturated heterocycles. The van der Waals surface area contributed by atoms with Crippen molar-refractivity contribution in [1.29, 1.82) is 0 Å². The zero-order valence-electron chi connectivity index (χ0n) is 19.3. The SMILES string of the molecule is Cc1coc([C@@H]2C[C@]3(c4ccccc4)N[C@H]2CC[C@H]3OCc2cc(C(F)(F)F)cc(C(F)(F)F)c2)n1. The van der Waals surface area contributed by atoms with Crippen molar-refractivity contribution >= 4 is 0 Å². The predicted octanol–water partition coefficient (Wildman–Crippen LogP) is 6.74. The number of piperidine rings is 1. The van der Waals surface area contributed by atoms with Gasteiger partial charge in [-0.05, 0) is 55.5 Å². The van der Waals surface area contributed by atoms with E-state index in [1.54, 1.807) is 6.26 Å². The monoisotopic (exact) mass is 510 g/mol. The third-order valence-corrected chi connectivity index (χ3v) is 7.10. The van der Waals surface area contributed by atoms with Crippen LogP contribution in [0.3, 0.4) is 0 Å². The van der Waals surface area contributed by atoms with E-state index in [1.165, 1.54) is 0 Å². The van der Waals surface area contributed by atoms with E-state index < -0.39 is 35.1 Å². The molecule has 0 aliphatic carbocycles. The Morgan fingerprint density at radius 1 is 1.00 bits per heavy atom. The number of fused-ring (bicyclic) bond motifs is 2. The average Bonchev–Trinajstić information content (AvgIpc) is 3.39. The minimum absolute atomic E-state index is 0.0436. The van der Waals surface area contributed by atoms with Gasteiger partial charge in [-0.15, -0.1) is 0 Å². The summed E-state index contributed by atoms with van der Waals surface area (Å²) < 4.78 is 91.7. The first-order valence-electron chi connectivity index (χ1n) is 11.6. The van der Waals surface area contributed by atoms with Crippen LogP contribution in [-0.2, 0) is 29.2 Å². The molecule has 2 aliphatic heterocycles. The normalized spacial score (nSPS) is 26.4. The molecule has 0 unspecified atom stereocenters. The number of alkyl halides is 6. The largest absolute Gasteiger partial charge is 0.448 e. The predicted molar refractivity (Wildman–Crippen MR) is 118 cm³/mol. The standard InChI is InChI=1S/C26H24F6N2O2/c1-15-13-36-23(33-15)20-12-24(17-5-3-2-4-6-17)22(8-7-21(20)34-24)35-14-16-9-18(25(27,28)29)11-19(10-16)26(30,31)32/h2-6,9-11,13,20-22,34H,7-8,12,14H2,1H3/t20-,21+,22-,24-/m1/s1. The Balaban J connectivity index is 1.46. The molecule has 1 N–H and O–H groups in total. The molecule has 36 heavy (non-hydrogen) atoms. The van der Waals surface area contributed by atoms with Gasteiger partial charge in [0.15, 0.2) is 5.89 Å². The second kappa shape index (κ2) is 8.92. The van der Waals surface area contributed by atoms with Gasteiger partial charge in [-0.1, -0.05) is 30.3 Å². The van der Waals surface area contributed by atoms with Gasteiger partial charge in [-0.25, -0.2) is 4.98 Å². The quantitative estimate of drug-likeness (QED) is 0.386. The Morgan fingerprint density at radius 3 is 2.25 bits per heavy atom.